The van der Waals surface area contributed by atoms with Crippen molar-refractivity contribution >= 4 is 5.97 Å². The van der Waals surface area contributed by atoms with E-state index in [1.165, 1.54) is 7.11 Å². The topological polar surface area (TPSA) is 55.0 Å². The normalized spacial score (nSPS) is 11.8. The monoisotopic (exact) mass is 220 g/mol. The van der Waals surface area contributed by atoms with Gasteiger partial charge >= 0.3 is 5.97 Å². The first kappa shape index (κ1) is 12.3. The number of hydrogen-bond donors (Lipinski definition) is 0. The number of nitrogens with zero attached hydrogens (tertiary/aromatic N) is 2. The van der Waals surface area contributed by atoms with Gasteiger partial charge in [0, 0.05) is 19.2 Å². The van der Waals surface area contributed by atoms with Crippen molar-refractivity contribution in [1.82, 2.24) is 4.57 Å². The van der Waals surface area contributed by atoms with Crippen LogP contribution in [0.1, 0.15) is 30.3 Å². The van der Waals surface area contributed by atoms with Gasteiger partial charge in [-0.1, -0.05) is 13.3 Å². The maximum absolute atomic E-state index is 11.4. The fraction of sp³-hybridized carbons (Fsp3) is 0.500. The van der Waals surface area contributed by atoms with Crippen LogP contribution in [0.2, 0.25) is 0 Å². The molecule has 0 radical (unpaired) electrons. The van der Waals surface area contributed by atoms with Crippen LogP contribution in [0.3, 0.4) is 0 Å². The first-order chi connectivity index (χ1) is 7.72. The van der Waals surface area contributed by atoms with E-state index >= 15 is 0 Å². The Balaban J connectivity index is 2.77. The van der Waals surface area contributed by atoms with E-state index in [9.17, 15) is 4.79 Å². The van der Waals surface area contributed by atoms with Gasteiger partial charge in [0.15, 0.2) is 0 Å². The van der Waals surface area contributed by atoms with Crippen LogP contribution < -0.4 is 0 Å². The van der Waals surface area contributed by atoms with Gasteiger partial charge in [0.05, 0.1) is 13.2 Å². The number of carbonyl (C=O) groups is 1. The van der Waals surface area contributed by atoms with E-state index in [0.29, 0.717) is 18.7 Å². The molecule has 86 valence electrons. The molecule has 0 spiro atoms. The van der Waals surface area contributed by atoms with Crippen LogP contribution in [0.15, 0.2) is 18.3 Å². The Hall–Kier alpha value is -1.76. The van der Waals surface area contributed by atoms with Crippen molar-refractivity contribution in [3.8, 4) is 6.07 Å². The third-order valence-corrected chi connectivity index (χ3v) is 2.64. The minimum absolute atomic E-state index is 0.279. The van der Waals surface area contributed by atoms with Gasteiger partial charge in [-0.3, -0.25) is 0 Å². The number of methoxy groups -OCH3 is 1. The number of carbonyl (C=O) groups excluding carboxylic acids is 1. The number of aromatic nitrogens is 1. The molecule has 1 unspecified atom stereocenters. The molecule has 1 aromatic rings. The number of esters is 1. The van der Waals surface area contributed by atoms with Crippen molar-refractivity contribution in [1.29, 1.82) is 5.26 Å². The van der Waals surface area contributed by atoms with Gasteiger partial charge in [0.1, 0.15) is 5.69 Å². The zero-order chi connectivity index (χ0) is 12.0. The summed E-state index contributed by atoms with van der Waals surface area (Å²) in [5.74, 6) is -0.0578. The third kappa shape index (κ3) is 2.86. The summed E-state index contributed by atoms with van der Waals surface area (Å²) < 4.78 is 6.53. The highest BCUT2D eigenvalue weighted by molar-refractivity contribution is 5.87. The fourth-order valence-electron chi connectivity index (χ4n) is 1.61. The second kappa shape index (κ2) is 5.96. The van der Waals surface area contributed by atoms with Crippen LogP contribution in [-0.2, 0) is 11.3 Å². The molecule has 1 atom stereocenters. The van der Waals surface area contributed by atoms with Crippen LogP contribution in [0.5, 0.6) is 0 Å². The Morgan fingerprint density at radius 3 is 3.00 bits per heavy atom. The van der Waals surface area contributed by atoms with E-state index in [2.05, 4.69) is 10.8 Å². The van der Waals surface area contributed by atoms with Crippen LogP contribution in [0.25, 0.3) is 0 Å². The highest BCUT2D eigenvalue weighted by atomic mass is 16.5. The van der Waals surface area contributed by atoms with Crippen molar-refractivity contribution < 1.29 is 9.53 Å². The molecule has 0 saturated carbocycles. The number of nitriles is 1. The molecule has 0 aliphatic carbocycles. The first-order valence-corrected chi connectivity index (χ1v) is 5.33. The third-order valence-electron chi connectivity index (χ3n) is 2.64. The Morgan fingerprint density at radius 2 is 2.44 bits per heavy atom. The Bertz CT molecular complexity index is 390. The number of hydrogen-bond acceptors (Lipinski definition) is 3. The van der Waals surface area contributed by atoms with Gasteiger partial charge in [-0.25, -0.2) is 4.79 Å². The van der Waals surface area contributed by atoms with Gasteiger partial charge in [-0.15, -0.1) is 0 Å². The molecule has 1 aromatic heterocycles. The molecule has 0 amide bonds. The predicted molar refractivity (Wildman–Crippen MR) is 59.8 cm³/mol. The lowest BCUT2D eigenvalue weighted by Gasteiger charge is -2.14. The van der Waals surface area contributed by atoms with E-state index in [0.717, 1.165) is 6.42 Å². The lowest BCUT2D eigenvalue weighted by atomic mass is 10.0. The maximum atomic E-state index is 11.4. The summed E-state index contributed by atoms with van der Waals surface area (Å²) in [7, 11) is 1.37. The molecular formula is C12H16N2O2. The summed E-state index contributed by atoms with van der Waals surface area (Å²) in [6.07, 6.45) is 3.27. The van der Waals surface area contributed by atoms with E-state index in [1.54, 1.807) is 6.07 Å². The van der Waals surface area contributed by atoms with Gasteiger partial charge in [0.2, 0.25) is 0 Å². The highest BCUT2D eigenvalue weighted by Gasteiger charge is 2.13. The molecule has 1 heterocycles. The number of ether oxygens (including phenoxy) is 1. The summed E-state index contributed by atoms with van der Waals surface area (Å²) in [5, 5.41) is 8.67. The molecule has 0 bridgehead atoms. The summed E-state index contributed by atoms with van der Waals surface area (Å²) in [5.41, 5.74) is 0.541. The van der Waals surface area contributed by atoms with Crippen LogP contribution in [0.4, 0.5) is 0 Å². The zero-order valence-electron chi connectivity index (χ0n) is 9.64. The largest absolute Gasteiger partial charge is 0.464 e. The van der Waals surface area contributed by atoms with Gasteiger partial charge < -0.3 is 9.30 Å². The van der Waals surface area contributed by atoms with Crippen molar-refractivity contribution in [3.63, 3.8) is 0 Å². The van der Waals surface area contributed by atoms with Crippen LogP contribution >= 0.6 is 0 Å². The van der Waals surface area contributed by atoms with Crippen molar-refractivity contribution in [2.75, 3.05) is 7.11 Å². The minimum Gasteiger partial charge on any atom is -0.464 e. The lowest BCUT2D eigenvalue weighted by molar-refractivity contribution is 0.0587. The molecule has 0 fully saturated rings. The standard InChI is InChI=1S/C12H16N2O2/c1-3-10(6-7-13)9-14-8-4-5-11(14)12(15)16-2/h4-5,8,10H,3,6,9H2,1-2H3. The molecule has 0 aliphatic rings. The molecule has 16 heavy (non-hydrogen) atoms. The lowest BCUT2D eigenvalue weighted by Crippen LogP contribution is -2.15. The van der Waals surface area contributed by atoms with E-state index in [-0.39, 0.29) is 11.9 Å². The summed E-state index contributed by atoms with van der Waals surface area (Å²) >= 11 is 0. The minimum atomic E-state index is -0.336. The Morgan fingerprint density at radius 1 is 1.69 bits per heavy atom. The molecule has 0 saturated heterocycles. The summed E-state index contributed by atoms with van der Waals surface area (Å²) in [6, 6.07) is 5.70. The second-order valence-electron chi connectivity index (χ2n) is 3.67. The van der Waals surface area contributed by atoms with E-state index < -0.39 is 0 Å². The molecule has 0 aromatic carbocycles. The van der Waals surface area contributed by atoms with Crippen molar-refractivity contribution in [2.45, 2.75) is 26.3 Å². The van der Waals surface area contributed by atoms with E-state index in [1.807, 2.05) is 23.8 Å². The highest BCUT2D eigenvalue weighted by Crippen LogP contribution is 2.13. The van der Waals surface area contributed by atoms with E-state index in [4.69, 9.17) is 5.26 Å². The summed E-state index contributed by atoms with van der Waals surface area (Å²) in [6.45, 7) is 2.73. The predicted octanol–water partition coefficient (Wildman–Crippen LogP) is 2.21. The quantitative estimate of drug-likeness (QED) is 0.715. The molecule has 0 N–H and O–H groups in total. The Kier molecular flexibility index (Phi) is 4.59. The smallest absolute Gasteiger partial charge is 0.354 e. The van der Waals surface area contributed by atoms with Gasteiger partial charge in [-0.2, -0.15) is 5.26 Å². The Labute approximate surface area is 95.4 Å². The van der Waals surface area contributed by atoms with Crippen molar-refractivity contribution in [2.24, 2.45) is 5.92 Å². The van der Waals surface area contributed by atoms with Gasteiger partial charge in [0.25, 0.3) is 0 Å². The average Bonchev–Trinajstić information content (AvgIpc) is 2.75. The molecular weight excluding hydrogens is 204 g/mol. The number of rotatable bonds is 5. The fourth-order valence-corrected chi connectivity index (χ4v) is 1.61. The average molecular weight is 220 g/mol. The van der Waals surface area contributed by atoms with Gasteiger partial charge in [-0.05, 0) is 18.1 Å². The molecule has 4 heteroatoms. The molecule has 4 nitrogen and oxygen atoms in total. The SMILES string of the molecule is CCC(CC#N)Cn1cccc1C(=O)OC. The summed E-state index contributed by atoms with van der Waals surface area (Å²) in [4.78, 5) is 11.4. The van der Waals surface area contributed by atoms with Crippen LogP contribution in [0, 0.1) is 17.2 Å². The van der Waals surface area contributed by atoms with Crippen molar-refractivity contribution in [3.05, 3.63) is 24.0 Å². The first-order valence-electron chi connectivity index (χ1n) is 5.33. The van der Waals surface area contributed by atoms with Crippen LogP contribution in [-0.4, -0.2) is 17.6 Å². The maximum Gasteiger partial charge on any atom is 0.354 e. The second-order valence-corrected chi connectivity index (χ2v) is 3.67. The molecule has 0 aliphatic heterocycles. The molecule has 1 rings (SSSR count). The zero-order valence-corrected chi connectivity index (χ0v) is 9.64.